The summed E-state index contributed by atoms with van der Waals surface area (Å²) >= 11 is 0. The molecular formula is C19H18N4O5. The summed E-state index contributed by atoms with van der Waals surface area (Å²) in [6, 6.07) is 12.0. The van der Waals surface area contributed by atoms with Gasteiger partial charge in [-0.2, -0.15) is 0 Å². The van der Waals surface area contributed by atoms with Crippen LogP contribution in [0.2, 0.25) is 0 Å². The zero-order valence-electron chi connectivity index (χ0n) is 14.8. The van der Waals surface area contributed by atoms with E-state index in [1.807, 2.05) is 24.3 Å². The number of morpholine rings is 1. The monoisotopic (exact) mass is 382 g/mol. The fourth-order valence-corrected chi connectivity index (χ4v) is 3.30. The molecule has 28 heavy (non-hydrogen) atoms. The molecule has 0 amide bonds. The number of hydrogen-bond acceptors (Lipinski definition) is 6. The van der Waals surface area contributed by atoms with Gasteiger partial charge in [-0.05, 0) is 29.8 Å². The zero-order valence-corrected chi connectivity index (χ0v) is 14.8. The van der Waals surface area contributed by atoms with Gasteiger partial charge in [0.25, 0.3) is 5.69 Å². The van der Waals surface area contributed by atoms with Crippen LogP contribution in [-0.2, 0) is 4.74 Å². The molecule has 1 saturated heterocycles. The number of aromatic amines is 1. The minimum absolute atomic E-state index is 0.0108. The van der Waals surface area contributed by atoms with E-state index in [4.69, 9.17) is 4.74 Å². The van der Waals surface area contributed by atoms with Crippen molar-refractivity contribution in [2.75, 3.05) is 25.0 Å². The number of nitrogens with zero attached hydrogens (tertiary/aromatic N) is 1. The van der Waals surface area contributed by atoms with Gasteiger partial charge in [-0.1, -0.05) is 12.1 Å². The Hall–Kier alpha value is -3.43. The van der Waals surface area contributed by atoms with Gasteiger partial charge in [0.1, 0.15) is 11.2 Å². The smallest absolute Gasteiger partial charge is 0.352 e. The molecule has 2 heterocycles. The SMILES string of the molecule is O=C(O)c1cc2c(Nc3ccc(C4CNCCO4)cc3)ccc([N+](=O)[O-])c2[nH]1. The van der Waals surface area contributed by atoms with E-state index in [0.717, 1.165) is 24.3 Å². The van der Waals surface area contributed by atoms with Crippen molar-refractivity contribution < 1.29 is 19.6 Å². The van der Waals surface area contributed by atoms with E-state index < -0.39 is 10.9 Å². The first-order valence-corrected chi connectivity index (χ1v) is 8.75. The van der Waals surface area contributed by atoms with Gasteiger partial charge in [0, 0.05) is 35.9 Å². The summed E-state index contributed by atoms with van der Waals surface area (Å²) in [7, 11) is 0. The van der Waals surface area contributed by atoms with Crippen LogP contribution >= 0.6 is 0 Å². The van der Waals surface area contributed by atoms with E-state index in [1.54, 1.807) is 6.07 Å². The van der Waals surface area contributed by atoms with Gasteiger partial charge in [0.05, 0.1) is 17.6 Å². The first-order chi connectivity index (χ1) is 13.5. The molecule has 1 aliphatic heterocycles. The second kappa shape index (κ2) is 7.29. The summed E-state index contributed by atoms with van der Waals surface area (Å²) in [5.74, 6) is -1.18. The molecule has 9 nitrogen and oxygen atoms in total. The predicted molar refractivity (Wildman–Crippen MR) is 103 cm³/mol. The molecule has 3 aromatic rings. The van der Waals surface area contributed by atoms with Crippen LogP contribution in [0.5, 0.6) is 0 Å². The molecule has 0 saturated carbocycles. The number of hydrogen-bond donors (Lipinski definition) is 4. The minimum Gasteiger partial charge on any atom is -0.477 e. The summed E-state index contributed by atoms with van der Waals surface area (Å²) in [5.41, 5.74) is 2.30. The lowest BCUT2D eigenvalue weighted by molar-refractivity contribution is -0.383. The van der Waals surface area contributed by atoms with Crippen molar-refractivity contribution in [2.24, 2.45) is 0 Å². The Morgan fingerprint density at radius 1 is 1.25 bits per heavy atom. The topological polar surface area (TPSA) is 130 Å². The van der Waals surface area contributed by atoms with Gasteiger partial charge in [-0.25, -0.2) is 4.79 Å². The fourth-order valence-electron chi connectivity index (χ4n) is 3.30. The number of aromatic nitrogens is 1. The normalized spacial score (nSPS) is 16.8. The van der Waals surface area contributed by atoms with Crippen molar-refractivity contribution in [1.29, 1.82) is 0 Å². The van der Waals surface area contributed by atoms with Gasteiger partial charge < -0.3 is 25.5 Å². The fraction of sp³-hybridized carbons (Fsp3) is 0.211. The molecule has 1 aromatic heterocycles. The molecule has 144 valence electrons. The maximum atomic E-state index is 11.3. The van der Waals surface area contributed by atoms with E-state index in [-0.39, 0.29) is 23.0 Å². The number of rotatable bonds is 5. The average molecular weight is 382 g/mol. The van der Waals surface area contributed by atoms with Crippen LogP contribution in [0, 0.1) is 10.1 Å². The van der Waals surface area contributed by atoms with Crippen LogP contribution in [0.15, 0.2) is 42.5 Å². The Labute approximate surface area is 159 Å². The van der Waals surface area contributed by atoms with Crippen LogP contribution in [-0.4, -0.2) is 40.7 Å². The third kappa shape index (κ3) is 3.40. The van der Waals surface area contributed by atoms with Crippen molar-refractivity contribution in [3.63, 3.8) is 0 Å². The number of carboxylic acid groups (broad SMARTS) is 1. The number of non-ortho nitro benzene ring substituents is 1. The number of nitro groups is 1. The van der Waals surface area contributed by atoms with Gasteiger partial charge in [0.2, 0.25) is 0 Å². The van der Waals surface area contributed by atoms with Crippen molar-refractivity contribution in [3.05, 3.63) is 63.8 Å². The number of fused-ring (bicyclic) bond motifs is 1. The number of nitro benzene ring substituents is 1. The zero-order chi connectivity index (χ0) is 19.7. The Balaban J connectivity index is 1.65. The van der Waals surface area contributed by atoms with E-state index >= 15 is 0 Å². The molecule has 9 heteroatoms. The van der Waals surface area contributed by atoms with E-state index in [9.17, 15) is 20.0 Å². The lowest BCUT2D eigenvalue weighted by Gasteiger charge is -2.24. The highest BCUT2D eigenvalue weighted by Crippen LogP contribution is 2.34. The first-order valence-electron chi connectivity index (χ1n) is 8.75. The van der Waals surface area contributed by atoms with Crippen molar-refractivity contribution in [2.45, 2.75) is 6.10 Å². The predicted octanol–water partition coefficient (Wildman–Crippen LogP) is 3.18. The molecule has 1 unspecified atom stereocenters. The largest absolute Gasteiger partial charge is 0.477 e. The number of H-pyrrole nitrogens is 1. The molecule has 0 spiro atoms. The van der Waals surface area contributed by atoms with Crippen LogP contribution in [0.3, 0.4) is 0 Å². The molecule has 4 rings (SSSR count). The van der Waals surface area contributed by atoms with Crippen LogP contribution in [0.25, 0.3) is 10.9 Å². The minimum atomic E-state index is -1.18. The lowest BCUT2D eigenvalue weighted by atomic mass is 10.1. The molecule has 1 atom stereocenters. The van der Waals surface area contributed by atoms with Gasteiger partial charge in [-0.3, -0.25) is 10.1 Å². The van der Waals surface area contributed by atoms with Crippen molar-refractivity contribution in [3.8, 4) is 0 Å². The lowest BCUT2D eigenvalue weighted by Crippen LogP contribution is -2.33. The second-order valence-electron chi connectivity index (χ2n) is 6.48. The van der Waals surface area contributed by atoms with Crippen molar-refractivity contribution in [1.82, 2.24) is 10.3 Å². The van der Waals surface area contributed by atoms with E-state index in [0.29, 0.717) is 17.7 Å². The number of benzene rings is 2. The Morgan fingerprint density at radius 3 is 2.68 bits per heavy atom. The Bertz CT molecular complexity index is 1040. The highest BCUT2D eigenvalue weighted by molar-refractivity contribution is 6.03. The molecule has 1 fully saturated rings. The molecule has 4 N–H and O–H groups in total. The van der Waals surface area contributed by atoms with Crippen LogP contribution < -0.4 is 10.6 Å². The Kier molecular flexibility index (Phi) is 4.68. The molecule has 0 aliphatic carbocycles. The number of carbonyl (C=O) groups is 1. The summed E-state index contributed by atoms with van der Waals surface area (Å²) in [4.78, 5) is 24.6. The third-order valence-electron chi connectivity index (χ3n) is 4.69. The quantitative estimate of drug-likeness (QED) is 0.394. The summed E-state index contributed by atoms with van der Waals surface area (Å²) < 4.78 is 5.73. The summed E-state index contributed by atoms with van der Waals surface area (Å²) in [5, 5.41) is 27.4. The molecule has 0 bridgehead atoms. The number of aromatic carboxylic acids is 1. The highest BCUT2D eigenvalue weighted by Gasteiger charge is 2.20. The van der Waals surface area contributed by atoms with Crippen molar-refractivity contribution >= 4 is 33.9 Å². The van der Waals surface area contributed by atoms with Crippen LogP contribution in [0.4, 0.5) is 17.1 Å². The number of carboxylic acids is 1. The maximum absolute atomic E-state index is 11.3. The summed E-state index contributed by atoms with van der Waals surface area (Å²) in [6.45, 7) is 2.28. The number of anilines is 2. The van der Waals surface area contributed by atoms with Gasteiger partial charge in [-0.15, -0.1) is 0 Å². The summed E-state index contributed by atoms with van der Waals surface area (Å²) in [6.07, 6.45) is 0.0108. The van der Waals surface area contributed by atoms with Crippen LogP contribution in [0.1, 0.15) is 22.2 Å². The highest BCUT2D eigenvalue weighted by atomic mass is 16.6. The molecule has 2 aromatic carbocycles. The standard InChI is InChI=1S/C19H18N4O5/c24-19(25)15-9-13-14(5-6-16(23(26)27)18(13)22-15)21-12-3-1-11(2-4-12)17-10-20-7-8-28-17/h1-6,9,17,20-22H,7-8,10H2,(H,24,25). The number of nitrogens with one attached hydrogen (secondary N) is 3. The number of ether oxygens (including phenoxy) is 1. The molecule has 0 radical (unpaired) electrons. The average Bonchev–Trinajstić information content (AvgIpc) is 3.15. The van der Waals surface area contributed by atoms with E-state index in [1.165, 1.54) is 12.1 Å². The third-order valence-corrected chi connectivity index (χ3v) is 4.69. The molecule has 1 aliphatic rings. The Morgan fingerprint density at radius 2 is 2.04 bits per heavy atom. The molecular weight excluding hydrogens is 364 g/mol. The second-order valence-corrected chi connectivity index (χ2v) is 6.48. The van der Waals surface area contributed by atoms with E-state index in [2.05, 4.69) is 15.6 Å². The van der Waals surface area contributed by atoms with Gasteiger partial charge >= 0.3 is 5.97 Å². The van der Waals surface area contributed by atoms with Gasteiger partial charge in [0.15, 0.2) is 0 Å². The first kappa shape index (κ1) is 18.0. The maximum Gasteiger partial charge on any atom is 0.352 e.